The molecule has 0 aromatic carbocycles. The first-order chi connectivity index (χ1) is 14.7. The number of hydrogen-bond donors (Lipinski definition) is 5. The summed E-state index contributed by atoms with van der Waals surface area (Å²) < 4.78 is 5.48. The second-order valence-electron chi connectivity index (χ2n) is 8.70. The van der Waals surface area contributed by atoms with E-state index in [9.17, 15) is 24.3 Å². The first kappa shape index (κ1) is 23.8. The van der Waals surface area contributed by atoms with Crippen molar-refractivity contribution in [3.8, 4) is 0 Å². The lowest BCUT2D eigenvalue weighted by Gasteiger charge is -2.44. The third-order valence-electron chi connectivity index (χ3n) is 6.63. The van der Waals surface area contributed by atoms with Gasteiger partial charge in [0.2, 0.25) is 11.8 Å². The number of carbonyl (C=O) groups is 4. The van der Waals surface area contributed by atoms with Gasteiger partial charge in [0.15, 0.2) is 0 Å². The number of thioether (sulfide) groups is 1. The standard InChI is InChI=1S/C20H31N3O7S/c1-10-7-11-4-5-13-20(11,29)16(19(28)30-13)17(10)31-9-12(18(27)22-8-15(25)26)23-14(24)3-2-6-21/h10-13,16-17,29H,2-9,21H2,1H3,(H,22,27)(H,23,24)(H,25,26)/t10-,11+,12?,13+,16?,17+,20+/m0/s1. The van der Waals surface area contributed by atoms with Crippen molar-refractivity contribution in [2.45, 2.75) is 62.0 Å². The minimum absolute atomic E-state index is 0.0198. The molecule has 2 saturated carbocycles. The van der Waals surface area contributed by atoms with Gasteiger partial charge in [-0.2, -0.15) is 11.8 Å². The zero-order valence-electron chi connectivity index (χ0n) is 17.5. The van der Waals surface area contributed by atoms with Crippen LogP contribution in [0.1, 0.15) is 39.0 Å². The summed E-state index contributed by atoms with van der Waals surface area (Å²) in [7, 11) is 0. The van der Waals surface area contributed by atoms with E-state index in [2.05, 4.69) is 10.6 Å². The summed E-state index contributed by atoms with van der Waals surface area (Å²) in [6.07, 6.45) is 2.38. The van der Waals surface area contributed by atoms with E-state index in [1.165, 1.54) is 11.8 Å². The highest BCUT2D eigenvalue weighted by Crippen LogP contribution is 2.58. The Kier molecular flexibility index (Phi) is 7.48. The highest BCUT2D eigenvalue weighted by molar-refractivity contribution is 8.00. The summed E-state index contributed by atoms with van der Waals surface area (Å²) in [6.45, 7) is 1.80. The SMILES string of the molecule is C[C@H]1C[C@H]2CC[C@H]3OC(=O)C([C@@H]1SCC(NC(=O)CCCN)C(=O)NCC(=O)O)[C@@]23O. The van der Waals surface area contributed by atoms with Crippen LogP contribution in [0.4, 0.5) is 0 Å². The Bertz CT molecular complexity index is 736. The third-order valence-corrected chi connectivity index (χ3v) is 8.28. The van der Waals surface area contributed by atoms with Gasteiger partial charge < -0.3 is 31.3 Å². The van der Waals surface area contributed by atoms with E-state index in [1.807, 2.05) is 6.92 Å². The molecule has 2 aliphatic carbocycles. The predicted octanol–water partition coefficient (Wildman–Crippen LogP) is -0.765. The zero-order chi connectivity index (χ0) is 22.8. The molecule has 2 amide bonds. The molecule has 7 atom stereocenters. The number of ether oxygens (including phenoxy) is 1. The van der Waals surface area contributed by atoms with Crippen molar-refractivity contribution in [1.82, 2.24) is 10.6 Å². The molecule has 0 aromatic heterocycles. The molecule has 0 bridgehead atoms. The Labute approximate surface area is 185 Å². The van der Waals surface area contributed by atoms with Gasteiger partial charge in [-0.1, -0.05) is 6.92 Å². The lowest BCUT2D eigenvalue weighted by atomic mass is 9.66. The summed E-state index contributed by atoms with van der Waals surface area (Å²) in [5.74, 6) is -2.95. The number of nitrogens with one attached hydrogen (secondary N) is 2. The Morgan fingerprint density at radius 2 is 2.10 bits per heavy atom. The van der Waals surface area contributed by atoms with E-state index in [4.69, 9.17) is 15.6 Å². The molecule has 0 spiro atoms. The number of carboxylic acids is 1. The smallest absolute Gasteiger partial charge is 0.322 e. The number of hydrogen-bond acceptors (Lipinski definition) is 8. The molecule has 3 aliphatic rings. The van der Waals surface area contributed by atoms with Crippen molar-refractivity contribution in [2.75, 3.05) is 18.8 Å². The molecule has 1 aliphatic heterocycles. The van der Waals surface area contributed by atoms with Crippen molar-refractivity contribution in [3.63, 3.8) is 0 Å². The van der Waals surface area contributed by atoms with Gasteiger partial charge in [0.1, 0.15) is 30.2 Å². The maximum Gasteiger partial charge on any atom is 0.322 e. The summed E-state index contributed by atoms with van der Waals surface area (Å²) in [5.41, 5.74) is 4.25. The summed E-state index contributed by atoms with van der Waals surface area (Å²) >= 11 is 1.34. The normalized spacial score (nSPS) is 34.5. The lowest BCUT2D eigenvalue weighted by molar-refractivity contribution is -0.145. The average Bonchev–Trinajstić information content (AvgIpc) is 3.16. The fourth-order valence-electron chi connectivity index (χ4n) is 5.17. The molecule has 3 fully saturated rings. The molecule has 6 N–H and O–H groups in total. The number of rotatable bonds is 10. The van der Waals surface area contributed by atoms with Crippen LogP contribution in [0, 0.1) is 17.8 Å². The minimum Gasteiger partial charge on any atom is -0.480 e. The van der Waals surface area contributed by atoms with Gasteiger partial charge in [-0.15, -0.1) is 0 Å². The van der Waals surface area contributed by atoms with Gasteiger partial charge in [0.25, 0.3) is 0 Å². The Morgan fingerprint density at radius 3 is 2.77 bits per heavy atom. The molecule has 0 radical (unpaired) electrons. The van der Waals surface area contributed by atoms with Crippen molar-refractivity contribution in [1.29, 1.82) is 0 Å². The second kappa shape index (κ2) is 9.74. The number of esters is 1. The fraction of sp³-hybridized carbons (Fsp3) is 0.800. The van der Waals surface area contributed by atoms with Gasteiger partial charge in [-0.05, 0) is 44.1 Å². The van der Waals surface area contributed by atoms with Gasteiger partial charge in [0, 0.05) is 17.4 Å². The van der Waals surface area contributed by atoms with Crippen LogP contribution < -0.4 is 16.4 Å². The molecule has 31 heavy (non-hydrogen) atoms. The van der Waals surface area contributed by atoms with Crippen LogP contribution in [0.25, 0.3) is 0 Å². The number of aliphatic carboxylic acids is 1. The van der Waals surface area contributed by atoms with Crippen LogP contribution in [-0.2, 0) is 23.9 Å². The third kappa shape index (κ3) is 4.83. The average molecular weight is 458 g/mol. The van der Waals surface area contributed by atoms with Crippen LogP contribution in [0.3, 0.4) is 0 Å². The van der Waals surface area contributed by atoms with E-state index in [0.717, 1.165) is 12.8 Å². The van der Waals surface area contributed by atoms with Crippen LogP contribution in [-0.4, -0.2) is 75.8 Å². The molecule has 1 saturated heterocycles. The largest absolute Gasteiger partial charge is 0.480 e. The first-order valence-electron chi connectivity index (χ1n) is 10.7. The number of carboxylic acid groups (broad SMARTS) is 1. The van der Waals surface area contributed by atoms with E-state index in [-0.39, 0.29) is 35.2 Å². The summed E-state index contributed by atoms with van der Waals surface area (Å²) in [6, 6.07) is -0.967. The van der Waals surface area contributed by atoms with Crippen molar-refractivity contribution in [3.05, 3.63) is 0 Å². The maximum absolute atomic E-state index is 12.6. The molecular formula is C20H31N3O7S. The summed E-state index contributed by atoms with van der Waals surface area (Å²) in [5, 5.41) is 24.8. The molecule has 1 heterocycles. The molecule has 174 valence electrons. The highest BCUT2D eigenvalue weighted by atomic mass is 32.2. The Hall–Kier alpha value is -1.85. The number of nitrogens with two attached hydrogens (primary N) is 1. The van der Waals surface area contributed by atoms with Crippen LogP contribution in [0.15, 0.2) is 0 Å². The van der Waals surface area contributed by atoms with Gasteiger partial charge in [-0.3, -0.25) is 19.2 Å². The fourth-order valence-corrected chi connectivity index (χ4v) is 6.78. The molecular weight excluding hydrogens is 426 g/mol. The second-order valence-corrected chi connectivity index (χ2v) is 9.91. The summed E-state index contributed by atoms with van der Waals surface area (Å²) in [4.78, 5) is 48.1. The molecule has 2 unspecified atom stereocenters. The Balaban J connectivity index is 1.70. The highest BCUT2D eigenvalue weighted by Gasteiger charge is 2.68. The minimum atomic E-state index is -1.19. The number of aliphatic hydroxyl groups is 1. The quantitative estimate of drug-likeness (QED) is 0.265. The van der Waals surface area contributed by atoms with Gasteiger partial charge >= 0.3 is 11.9 Å². The van der Waals surface area contributed by atoms with Gasteiger partial charge in [-0.25, -0.2) is 0 Å². The topological polar surface area (TPSA) is 168 Å². The molecule has 10 nitrogen and oxygen atoms in total. The number of carbonyl (C=O) groups excluding carboxylic acids is 3. The van der Waals surface area contributed by atoms with Crippen LogP contribution >= 0.6 is 11.8 Å². The first-order valence-corrected chi connectivity index (χ1v) is 11.8. The van der Waals surface area contributed by atoms with Crippen molar-refractivity contribution >= 4 is 35.5 Å². The molecule has 11 heteroatoms. The van der Waals surface area contributed by atoms with Crippen LogP contribution in [0.5, 0.6) is 0 Å². The number of amides is 2. The van der Waals surface area contributed by atoms with Crippen molar-refractivity contribution in [2.24, 2.45) is 23.5 Å². The predicted molar refractivity (Wildman–Crippen MR) is 112 cm³/mol. The van der Waals surface area contributed by atoms with E-state index >= 15 is 0 Å². The molecule has 3 rings (SSSR count). The zero-order valence-corrected chi connectivity index (χ0v) is 18.4. The lowest BCUT2D eigenvalue weighted by Crippen LogP contribution is -2.56. The van der Waals surface area contributed by atoms with E-state index < -0.39 is 48.1 Å². The van der Waals surface area contributed by atoms with E-state index in [0.29, 0.717) is 19.4 Å². The van der Waals surface area contributed by atoms with Crippen molar-refractivity contribution < 1.29 is 34.1 Å². The maximum atomic E-state index is 12.6. The monoisotopic (exact) mass is 457 g/mol. The Morgan fingerprint density at radius 1 is 1.35 bits per heavy atom. The van der Waals surface area contributed by atoms with Gasteiger partial charge in [0.05, 0.1) is 0 Å². The molecule has 0 aromatic rings. The van der Waals surface area contributed by atoms with E-state index in [1.54, 1.807) is 0 Å². The van der Waals surface area contributed by atoms with Crippen LogP contribution in [0.2, 0.25) is 0 Å².